The Bertz CT molecular complexity index is 504. The minimum atomic E-state index is 0.123. The van der Waals surface area contributed by atoms with Crippen LogP contribution >= 0.6 is 39.5 Å². The quantitative estimate of drug-likeness (QED) is 0.805. The molecule has 0 saturated carbocycles. The minimum absolute atomic E-state index is 0.123. The standard InChI is InChI=1S/C14H21BrN2OS2/c1-5-10-14(15)11(17(4)16-10)6-12(18)13-7-19-8(2)9(3)20-13/h8-9,13H,5-7H2,1-4H3. The van der Waals surface area contributed by atoms with Gasteiger partial charge in [0.05, 0.1) is 27.5 Å². The molecule has 1 saturated heterocycles. The number of aromatic nitrogens is 2. The van der Waals surface area contributed by atoms with E-state index in [9.17, 15) is 4.79 Å². The van der Waals surface area contributed by atoms with Crippen molar-refractivity contribution in [3.05, 3.63) is 15.9 Å². The molecule has 0 N–H and O–H groups in total. The Hall–Kier alpha value is 0.0600. The highest BCUT2D eigenvalue weighted by Gasteiger charge is 2.31. The van der Waals surface area contributed by atoms with Crippen LogP contribution in [-0.4, -0.2) is 37.1 Å². The zero-order chi connectivity index (χ0) is 14.9. The van der Waals surface area contributed by atoms with E-state index in [1.54, 1.807) is 0 Å². The highest BCUT2D eigenvalue weighted by atomic mass is 79.9. The minimum Gasteiger partial charge on any atom is -0.298 e. The van der Waals surface area contributed by atoms with Crippen LogP contribution in [0.4, 0.5) is 0 Å². The van der Waals surface area contributed by atoms with Crippen molar-refractivity contribution in [1.82, 2.24) is 9.78 Å². The highest BCUT2D eigenvalue weighted by molar-refractivity contribution is 9.10. The number of hydrogen-bond donors (Lipinski definition) is 0. The maximum atomic E-state index is 12.5. The lowest BCUT2D eigenvalue weighted by atomic mass is 10.1. The van der Waals surface area contributed by atoms with Crippen LogP contribution in [0.2, 0.25) is 0 Å². The largest absolute Gasteiger partial charge is 0.298 e. The molecule has 20 heavy (non-hydrogen) atoms. The van der Waals surface area contributed by atoms with Crippen LogP contribution in [0.5, 0.6) is 0 Å². The second-order valence-electron chi connectivity index (χ2n) is 5.20. The lowest BCUT2D eigenvalue weighted by Gasteiger charge is -2.30. The summed E-state index contributed by atoms with van der Waals surface area (Å²) in [6, 6.07) is 0. The van der Waals surface area contributed by atoms with Gasteiger partial charge in [0, 0.05) is 23.3 Å². The smallest absolute Gasteiger partial charge is 0.152 e. The number of ketones is 1. The van der Waals surface area contributed by atoms with Crippen LogP contribution < -0.4 is 0 Å². The van der Waals surface area contributed by atoms with Crippen LogP contribution in [0.3, 0.4) is 0 Å². The monoisotopic (exact) mass is 376 g/mol. The highest BCUT2D eigenvalue weighted by Crippen LogP contribution is 2.36. The molecular weight excluding hydrogens is 356 g/mol. The zero-order valence-electron chi connectivity index (χ0n) is 12.4. The van der Waals surface area contributed by atoms with Crippen LogP contribution in [-0.2, 0) is 24.7 Å². The second-order valence-corrected chi connectivity index (χ2v) is 8.98. The van der Waals surface area contributed by atoms with Gasteiger partial charge >= 0.3 is 0 Å². The number of Topliss-reactive ketones (excluding diaryl/α,β-unsaturated/α-hetero) is 1. The Morgan fingerprint density at radius 2 is 2.15 bits per heavy atom. The third-order valence-corrected chi connectivity index (χ3v) is 8.11. The van der Waals surface area contributed by atoms with Crippen LogP contribution in [0, 0.1) is 0 Å². The van der Waals surface area contributed by atoms with Gasteiger partial charge < -0.3 is 0 Å². The van der Waals surface area contributed by atoms with Crippen molar-refractivity contribution >= 4 is 45.2 Å². The van der Waals surface area contributed by atoms with Crippen LogP contribution in [0.1, 0.15) is 32.2 Å². The van der Waals surface area contributed by atoms with Crippen molar-refractivity contribution in [1.29, 1.82) is 0 Å². The maximum Gasteiger partial charge on any atom is 0.152 e. The van der Waals surface area contributed by atoms with Gasteiger partial charge in [-0.15, -0.1) is 11.8 Å². The van der Waals surface area contributed by atoms with E-state index in [1.807, 2.05) is 35.3 Å². The first-order chi connectivity index (χ1) is 9.43. The molecule has 0 bridgehead atoms. The van der Waals surface area contributed by atoms with Gasteiger partial charge in [0.25, 0.3) is 0 Å². The van der Waals surface area contributed by atoms with E-state index in [-0.39, 0.29) is 5.25 Å². The number of halogens is 1. The fraction of sp³-hybridized carbons (Fsp3) is 0.714. The number of carbonyl (C=O) groups is 1. The van der Waals surface area contributed by atoms with Gasteiger partial charge in [-0.25, -0.2) is 0 Å². The predicted octanol–water partition coefficient (Wildman–Crippen LogP) is 3.48. The van der Waals surface area contributed by atoms with E-state index in [0.717, 1.165) is 28.0 Å². The fourth-order valence-corrected chi connectivity index (χ4v) is 5.89. The summed E-state index contributed by atoms with van der Waals surface area (Å²) in [5.41, 5.74) is 2.03. The molecule has 2 rings (SSSR count). The molecule has 1 fully saturated rings. The van der Waals surface area contributed by atoms with Crippen LogP contribution in [0.15, 0.2) is 4.47 Å². The number of aryl methyl sites for hydroxylation is 2. The number of carbonyl (C=O) groups excluding carboxylic acids is 1. The average Bonchev–Trinajstić information content (AvgIpc) is 2.69. The van der Waals surface area contributed by atoms with E-state index in [0.29, 0.717) is 22.7 Å². The second kappa shape index (κ2) is 6.88. The SMILES string of the molecule is CCc1nn(C)c(CC(=O)C2CSC(C)C(C)S2)c1Br. The Morgan fingerprint density at radius 1 is 1.45 bits per heavy atom. The molecule has 0 amide bonds. The van der Waals surface area contributed by atoms with Gasteiger partial charge in [-0.2, -0.15) is 16.9 Å². The summed E-state index contributed by atoms with van der Waals surface area (Å²) < 4.78 is 2.85. The first-order valence-electron chi connectivity index (χ1n) is 6.94. The summed E-state index contributed by atoms with van der Waals surface area (Å²) >= 11 is 7.33. The van der Waals surface area contributed by atoms with Gasteiger partial charge in [0.1, 0.15) is 0 Å². The molecule has 3 unspecified atom stereocenters. The van der Waals surface area contributed by atoms with Crippen LogP contribution in [0.25, 0.3) is 0 Å². The van der Waals surface area contributed by atoms with Crippen molar-refractivity contribution < 1.29 is 4.79 Å². The number of thioether (sulfide) groups is 2. The summed E-state index contributed by atoms with van der Waals surface area (Å²) in [6.45, 7) is 6.54. The molecular formula is C14H21BrN2OS2. The van der Waals surface area contributed by atoms with Crippen molar-refractivity contribution in [2.75, 3.05) is 5.75 Å². The van der Waals surface area contributed by atoms with Gasteiger partial charge in [0.2, 0.25) is 0 Å². The molecule has 0 spiro atoms. The summed E-state index contributed by atoms with van der Waals surface area (Å²) in [6.07, 6.45) is 1.36. The van der Waals surface area contributed by atoms with Gasteiger partial charge in [-0.05, 0) is 22.4 Å². The van der Waals surface area contributed by atoms with Gasteiger partial charge in [-0.1, -0.05) is 20.8 Å². The molecule has 0 radical (unpaired) electrons. The molecule has 6 heteroatoms. The third kappa shape index (κ3) is 3.45. The van der Waals surface area contributed by atoms with Crippen molar-refractivity contribution in [3.8, 4) is 0 Å². The first kappa shape index (κ1) is 16.4. The van der Waals surface area contributed by atoms with E-state index in [1.165, 1.54) is 0 Å². The maximum absolute atomic E-state index is 12.5. The Morgan fingerprint density at radius 3 is 2.70 bits per heavy atom. The van der Waals surface area contributed by atoms with E-state index >= 15 is 0 Å². The molecule has 1 aliphatic heterocycles. The van der Waals surface area contributed by atoms with E-state index < -0.39 is 0 Å². The normalized spacial score (nSPS) is 26.8. The molecule has 1 aromatic rings. The molecule has 3 atom stereocenters. The molecule has 2 heterocycles. The number of nitrogens with zero attached hydrogens (tertiary/aromatic N) is 2. The number of hydrogen-bond acceptors (Lipinski definition) is 4. The molecule has 1 aliphatic rings. The van der Waals surface area contributed by atoms with Gasteiger partial charge in [0.15, 0.2) is 5.78 Å². The molecule has 1 aromatic heterocycles. The van der Waals surface area contributed by atoms with E-state index in [2.05, 4.69) is 41.8 Å². The lowest BCUT2D eigenvalue weighted by Crippen LogP contribution is -2.32. The predicted molar refractivity (Wildman–Crippen MR) is 91.8 cm³/mol. The zero-order valence-corrected chi connectivity index (χ0v) is 15.6. The third-order valence-electron chi connectivity index (χ3n) is 3.75. The summed E-state index contributed by atoms with van der Waals surface area (Å²) in [5.74, 6) is 1.26. The lowest BCUT2D eigenvalue weighted by molar-refractivity contribution is -0.117. The Kier molecular flexibility index (Phi) is 5.65. The van der Waals surface area contributed by atoms with Crippen molar-refractivity contribution in [2.45, 2.75) is 49.4 Å². The summed E-state index contributed by atoms with van der Waals surface area (Å²) in [5, 5.41) is 5.77. The molecule has 0 aromatic carbocycles. The molecule has 0 aliphatic carbocycles. The molecule has 3 nitrogen and oxygen atoms in total. The summed E-state index contributed by atoms with van der Waals surface area (Å²) in [4.78, 5) is 12.5. The Labute approximate surface area is 137 Å². The molecule has 112 valence electrons. The topological polar surface area (TPSA) is 34.9 Å². The van der Waals surface area contributed by atoms with Crippen molar-refractivity contribution in [2.24, 2.45) is 7.05 Å². The average molecular weight is 377 g/mol. The van der Waals surface area contributed by atoms with E-state index in [4.69, 9.17) is 0 Å². The fourth-order valence-electron chi connectivity index (χ4n) is 2.24. The van der Waals surface area contributed by atoms with Crippen molar-refractivity contribution in [3.63, 3.8) is 0 Å². The summed E-state index contributed by atoms with van der Waals surface area (Å²) in [7, 11) is 1.92. The first-order valence-corrected chi connectivity index (χ1v) is 9.72. The Balaban J connectivity index is 2.07. The number of rotatable bonds is 4. The van der Waals surface area contributed by atoms with Gasteiger partial charge in [-0.3, -0.25) is 9.48 Å².